The fourth-order valence-corrected chi connectivity index (χ4v) is 3.36. The number of nitrogens with zero attached hydrogens (tertiary/aromatic N) is 1. The summed E-state index contributed by atoms with van der Waals surface area (Å²) < 4.78 is 0.370. The highest BCUT2D eigenvalue weighted by molar-refractivity contribution is 8.26. The molecule has 2 rings (SSSR count). The Morgan fingerprint density at radius 3 is 2.69 bits per heavy atom. The monoisotopic (exact) mass is 389 g/mol. The van der Waals surface area contributed by atoms with E-state index >= 15 is 0 Å². The predicted molar refractivity (Wildman–Crippen MR) is 103 cm³/mol. The summed E-state index contributed by atoms with van der Waals surface area (Å²) >= 11 is 6.36. The number of carbonyl (C=O) groups is 3. The van der Waals surface area contributed by atoms with E-state index in [0.717, 1.165) is 5.56 Å². The van der Waals surface area contributed by atoms with Crippen LogP contribution in [-0.2, 0) is 14.4 Å². The van der Waals surface area contributed by atoms with Crippen LogP contribution in [-0.4, -0.2) is 39.6 Å². The highest BCUT2D eigenvalue weighted by Crippen LogP contribution is 2.31. The number of thiocarbonyl (C=S) groups is 1. The van der Waals surface area contributed by atoms with Crippen molar-refractivity contribution in [1.29, 1.82) is 0 Å². The zero-order chi connectivity index (χ0) is 19.1. The standard InChI is InChI=1S/C18H18N2O4S2/c1-12(17(23)24)19-15(21)10-11-20-16(22)14(26-18(20)25)9-5-8-13-6-3-2-4-7-13/h2-9,12H,10-11H2,1H3,(H,19,21)(H,23,24)/p-1/b8-5+,14-9+/t12-/m1/s1. The van der Waals surface area contributed by atoms with Crippen molar-refractivity contribution >= 4 is 52.2 Å². The molecule has 0 bridgehead atoms. The van der Waals surface area contributed by atoms with E-state index in [4.69, 9.17) is 12.2 Å². The summed E-state index contributed by atoms with van der Waals surface area (Å²) in [6.07, 6.45) is 5.29. The van der Waals surface area contributed by atoms with Gasteiger partial charge in [0.2, 0.25) is 5.91 Å². The molecule has 26 heavy (non-hydrogen) atoms. The Kier molecular flexibility index (Phi) is 7.11. The normalized spacial score (nSPS) is 17.1. The number of allylic oxidation sites excluding steroid dienone is 2. The van der Waals surface area contributed by atoms with Crippen LogP contribution in [0.3, 0.4) is 0 Å². The second-order valence-electron chi connectivity index (χ2n) is 5.48. The minimum Gasteiger partial charge on any atom is -0.548 e. The number of hydrogen-bond donors (Lipinski definition) is 1. The van der Waals surface area contributed by atoms with Crippen molar-refractivity contribution in [2.45, 2.75) is 19.4 Å². The van der Waals surface area contributed by atoms with E-state index in [-0.39, 0.29) is 18.9 Å². The lowest BCUT2D eigenvalue weighted by atomic mass is 10.2. The minimum atomic E-state index is -1.36. The molecule has 1 heterocycles. The van der Waals surface area contributed by atoms with E-state index in [0.29, 0.717) is 9.23 Å². The molecule has 0 radical (unpaired) electrons. The molecule has 1 saturated heterocycles. The molecular weight excluding hydrogens is 372 g/mol. The molecule has 1 aromatic rings. The molecule has 0 spiro atoms. The topological polar surface area (TPSA) is 89.5 Å². The van der Waals surface area contributed by atoms with Gasteiger partial charge in [-0.3, -0.25) is 14.5 Å². The van der Waals surface area contributed by atoms with Crippen LogP contribution in [0.5, 0.6) is 0 Å². The summed E-state index contributed by atoms with van der Waals surface area (Å²) in [4.78, 5) is 36.5. The molecule has 0 unspecified atom stereocenters. The Hall–Kier alpha value is -2.45. The van der Waals surface area contributed by atoms with Gasteiger partial charge in [-0.25, -0.2) is 0 Å². The SMILES string of the molecule is C[C@@H](NC(=O)CCN1C(=O)/C(=C\C=C\c2ccccc2)SC1=S)C(=O)[O-]. The summed E-state index contributed by atoms with van der Waals surface area (Å²) in [5.41, 5.74) is 1.01. The van der Waals surface area contributed by atoms with E-state index in [1.165, 1.54) is 23.6 Å². The third kappa shape index (κ3) is 5.53. The van der Waals surface area contributed by atoms with E-state index < -0.39 is 17.9 Å². The zero-order valence-corrected chi connectivity index (χ0v) is 15.6. The van der Waals surface area contributed by atoms with Gasteiger partial charge in [-0.05, 0) is 18.6 Å². The van der Waals surface area contributed by atoms with Gasteiger partial charge in [-0.2, -0.15) is 0 Å². The maximum atomic E-state index is 12.4. The highest BCUT2D eigenvalue weighted by atomic mass is 32.2. The Bertz CT molecular complexity index is 775. The lowest BCUT2D eigenvalue weighted by Crippen LogP contribution is -2.46. The van der Waals surface area contributed by atoms with Gasteiger partial charge >= 0.3 is 0 Å². The van der Waals surface area contributed by atoms with Crippen LogP contribution < -0.4 is 10.4 Å². The number of hydrogen-bond acceptors (Lipinski definition) is 6. The molecular formula is C18H17N2O4S2-. The van der Waals surface area contributed by atoms with Gasteiger partial charge in [0, 0.05) is 13.0 Å². The molecule has 1 aromatic carbocycles. The van der Waals surface area contributed by atoms with Crippen molar-refractivity contribution in [2.24, 2.45) is 0 Å². The third-order valence-electron chi connectivity index (χ3n) is 3.50. The number of carboxylic acid groups (broad SMARTS) is 1. The highest BCUT2D eigenvalue weighted by Gasteiger charge is 2.31. The van der Waals surface area contributed by atoms with Crippen molar-refractivity contribution in [1.82, 2.24) is 10.2 Å². The smallest absolute Gasteiger partial charge is 0.266 e. The van der Waals surface area contributed by atoms with Gasteiger partial charge in [0.15, 0.2) is 0 Å². The molecule has 1 fully saturated rings. The average molecular weight is 389 g/mol. The fraction of sp³-hybridized carbons (Fsp3) is 0.222. The lowest BCUT2D eigenvalue weighted by molar-refractivity contribution is -0.307. The number of benzene rings is 1. The number of thioether (sulfide) groups is 1. The van der Waals surface area contributed by atoms with E-state index in [1.807, 2.05) is 36.4 Å². The van der Waals surface area contributed by atoms with Crippen LogP contribution in [0.2, 0.25) is 0 Å². The predicted octanol–water partition coefficient (Wildman–Crippen LogP) is 1.09. The molecule has 1 aliphatic rings. The van der Waals surface area contributed by atoms with Crippen LogP contribution in [0.25, 0.3) is 6.08 Å². The van der Waals surface area contributed by atoms with E-state index in [2.05, 4.69) is 5.32 Å². The van der Waals surface area contributed by atoms with Crippen LogP contribution >= 0.6 is 24.0 Å². The van der Waals surface area contributed by atoms with Crippen LogP contribution in [0.1, 0.15) is 18.9 Å². The van der Waals surface area contributed by atoms with E-state index in [1.54, 1.807) is 12.2 Å². The van der Waals surface area contributed by atoms with Crippen LogP contribution in [0.4, 0.5) is 0 Å². The molecule has 1 atom stereocenters. The Morgan fingerprint density at radius 1 is 1.35 bits per heavy atom. The summed E-state index contributed by atoms with van der Waals surface area (Å²) in [5, 5.41) is 12.9. The van der Waals surface area contributed by atoms with Gasteiger partial charge < -0.3 is 15.2 Å². The summed E-state index contributed by atoms with van der Waals surface area (Å²) in [5.74, 6) is -2.11. The molecule has 1 N–H and O–H groups in total. The first-order valence-corrected chi connectivity index (χ1v) is 9.08. The van der Waals surface area contributed by atoms with Crippen molar-refractivity contribution in [3.05, 3.63) is 53.0 Å². The molecule has 8 heteroatoms. The van der Waals surface area contributed by atoms with Crippen LogP contribution in [0, 0.1) is 0 Å². The van der Waals surface area contributed by atoms with Crippen molar-refractivity contribution in [2.75, 3.05) is 6.54 Å². The molecule has 0 aromatic heterocycles. The number of carboxylic acids is 1. The Morgan fingerprint density at radius 2 is 2.04 bits per heavy atom. The second kappa shape index (κ2) is 9.30. The molecule has 6 nitrogen and oxygen atoms in total. The summed E-state index contributed by atoms with van der Waals surface area (Å²) in [6.45, 7) is 1.41. The van der Waals surface area contributed by atoms with Gasteiger partial charge in [0.1, 0.15) is 4.32 Å². The molecule has 136 valence electrons. The van der Waals surface area contributed by atoms with Gasteiger partial charge in [0.05, 0.1) is 16.9 Å². The largest absolute Gasteiger partial charge is 0.548 e. The Balaban J connectivity index is 1.92. The maximum absolute atomic E-state index is 12.4. The zero-order valence-electron chi connectivity index (χ0n) is 14.0. The first-order chi connectivity index (χ1) is 12.4. The minimum absolute atomic E-state index is 0.0444. The number of nitrogens with one attached hydrogen (secondary N) is 1. The number of aliphatic carboxylic acids is 1. The van der Waals surface area contributed by atoms with Crippen molar-refractivity contribution < 1.29 is 19.5 Å². The molecule has 1 aliphatic heterocycles. The average Bonchev–Trinajstić information content (AvgIpc) is 2.87. The third-order valence-corrected chi connectivity index (χ3v) is 4.90. The Labute approximate surface area is 160 Å². The van der Waals surface area contributed by atoms with Crippen LogP contribution in [0.15, 0.2) is 47.4 Å². The van der Waals surface area contributed by atoms with E-state index in [9.17, 15) is 19.5 Å². The van der Waals surface area contributed by atoms with Crippen molar-refractivity contribution in [3.63, 3.8) is 0 Å². The lowest BCUT2D eigenvalue weighted by Gasteiger charge is -2.17. The van der Waals surface area contributed by atoms with Crippen molar-refractivity contribution in [3.8, 4) is 0 Å². The quantitative estimate of drug-likeness (QED) is 0.555. The number of carbonyl (C=O) groups excluding carboxylic acids is 3. The first kappa shape index (κ1) is 19.9. The molecule has 0 aliphatic carbocycles. The second-order valence-corrected chi connectivity index (χ2v) is 7.16. The number of amides is 2. The van der Waals surface area contributed by atoms with Gasteiger partial charge in [-0.1, -0.05) is 66.5 Å². The fourth-order valence-electron chi connectivity index (χ4n) is 2.10. The summed E-state index contributed by atoms with van der Waals surface area (Å²) in [7, 11) is 0. The van der Waals surface area contributed by atoms with Gasteiger partial charge in [-0.15, -0.1) is 0 Å². The first-order valence-electron chi connectivity index (χ1n) is 7.86. The number of rotatable bonds is 7. The summed E-state index contributed by atoms with van der Waals surface area (Å²) in [6, 6.07) is 8.57. The maximum Gasteiger partial charge on any atom is 0.266 e. The molecule has 2 amide bonds. The molecule has 0 saturated carbocycles. The van der Waals surface area contributed by atoms with Gasteiger partial charge in [0.25, 0.3) is 5.91 Å².